The number of hydrogen-bond acceptors (Lipinski definition) is 2. The summed E-state index contributed by atoms with van der Waals surface area (Å²) in [6, 6.07) is 0. The second kappa shape index (κ2) is 7.08. The molecule has 0 radical (unpaired) electrons. The van der Waals surface area contributed by atoms with E-state index in [4.69, 9.17) is 4.74 Å². The van der Waals surface area contributed by atoms with Gasteiger partial charge >= 0.3 is 0 Å². The van der Waals surface area contributed by atoms with Crippen LogP contribution in [0.15, 0.2) is 11.6 Å². The fraction of sp³-hybridized carbons (Fsp3) is 0.857. The van der Waals surface area contributed by atoms with Crippen LogP contribution in [0, 0.1) is 5.92 Å². The monoisotopic (exact) mass is 223 g/mol. The highest BCUT2D eigenvalue weighted by Gasteiger charge is 2.12. The van der Waals surface area contributed by atoms with Gasteiger partial charge in [-0.15, -0.1) is 0 Å². The molecule has 1 aliphatic carbocycles. The van der Waals surface area contributed by atoms with Crippen molar-refractivity contribution in [2.45, 2.75) is 44.9 Å². The van der Waals surface area contributed by atoms with Crippen molar-refractivity contribution in [3.8, 4) is 0 Å². The quantitative estimate of drug-likeness (QED) is 0.571. The van der Waals surface area contributed by atoms with Crippen LogP contribution in [0.5, 0.6) is 0 Å². The molecule has 0 aromatic heterocycles. The molecule has 1 N–H and O–H groups in total. The minimum absolute atomic E-state index is 0.844. The van der Waals surface area contributed by atoms with Gasteiger partial charge in [0.2, 0.25) is 0 Å². The maximum atomic E-state index is 5.42. The van der Waals surface area contributed by atoms with E-state index >= 15 is 0 Å². The van der Waals surface area contributed by atoms with Crippen molar-refractivity contribution in [3.05, 3.63) is 11.6 Å². The van der Waals surface area contributed by atoms with E-state index in [1.54, 1.807) is 0 Å². The molecule has 92 valence electrons. The van der Waals surface area contributed by atoms with E-state index in [2.05, 4.69) is 11.4 Å². The van der Waals surface area contributed by atoms with Gasteiger partial charge in [-0.3, -0.25) is 0 Å². The molecule has 2 aliphatic rings. The first-order valence-corrected chi connectivity index (χ1v) is 6.91. The molecule has 0 unspecified atom stereocenters. The van der Waals surface area contributed by atoms with Crippen LogP contribution in [-0.4, -0.2) is 26.3 Å². The van der Waals surface area contributed by atoms with Crippen molar-refractivity contribution >= 4 is 0 Å². The van der Waals surface area contributed by atoms with Crippen molar-refractivity contribution in [3.63, 3.8) is 0 Å². The van der Waals surface area contributed by atoms with Crippen molar-refractivity contribution in [2.24, 2.45) is 5.92 Å². The molecule has 1 saturated carbocycles. The van der Waals surface area contributed by atoms with Gasteiger partial charge in [-0.2, -0.15) is 0 Å². The van der Waals surface area contributed by atoms with Crippen molar-refractivity contribution in [1.82, 2.24) is 5.32 Å². The fourth-order valence-electron chi connectivity index (χ4n) is 2.76. The fourth-order valence-corrected chi connectivity index (χ4v) is 2.76. The lowest BCUT2D eigenvalue weighted by Crippen LogP contribution is -2.24. The molecule has 2 nitrogen and oxygen atoms in total. The average molecular weight is 223 g/mol. The third-order valence-corrected chi connectivity index (χ3v) is 3.79. The first kappa shape index (κ1) is 12.1. The topological polar surface area (TPSA) is 21.3 Å². The molecule has 0 atom stereocenters. The molecule has 0 aromatic rings. The number of ether oxygens (including phenoxy) is 1. The van der Waals surface area contributed by atoms with E-state index in [0.29, 0.717) is 0 Å². The Morgan fingerprint density at radius 3 is 2.88 bits per heavy atom. The first-order valence-electron chi connectivity index (χ1n) is 6.91. The molecule has 1 heterocycles. The summed E-state index contributed by atoms with van der Waals surface area (Å²) in [6.45, 7) is 3.97. The summed E-state index contributed by atoms with van der Waals surface area (Å²) < 4.78 is 5.42. The zero-order valence-corrected chi connectivity index (χ0v) is 10.3. The van der Waals surface area contributed by atoms with Crippen molar-refractivity contribution < 1.29 is 4.74 Å². The highest BCUT2D eigenvalue weighted by Crippen LogP contribution is 2.25. The molecule has 0 bridgehead atoms. The Morgan fingerprint density at radius 2 is 2.12 bits per heavy atom. The van der Waals surface area contributed by atoms with E-state index in [-0.39, 0.29) is 0 Å². The maximum absolute atomic E-state index is 5.42. The Morgan fingerprint density at radius 1 is 1.25 bits per heavy atom. The second-order valence-corrected chi connectivity index (χ2v) is 5.17. The van der Waals surface area contributed by atoms with Gasteiger partial charge in [0.15, 0.2) is 0 Å². The zero-order valence-electron chi connectivity index (χ0n) is 10.3. The largest absolute Gasteiger partial charge is 0.377 e. The van der Waals surface area contributed by atoms with Crippen LogP contribution in [0.2, 0.25) is 0 Å². The zero-order chi connectivity index (χ0) is 11.1. The molecular formula is C14H25NO. The molecule has 1 fully saturated rings. The number of rotatable bonds is 5. The Labute approximate surface area is 99.4 Å². The summed E-state index contributed by atoms with van der Waals surface area (Å²) in [7, 11) is 0. The number of hydrogen-bond donors (Lipinski definition) is 1. The van der Waals surface area contributed by atoms with Crippen molar-refractivity contribution in [2.75, 3.05) is 26.3 Å². The maximum Gasteiger partial charge on any atom is 0.0689 e. The SMILES string of the molecule is C1=C(CNCCC2CCCCC2)COCC1. The number of nitrogens with one attached hydrogen (secondary N) is 1. The predicted molar refractivity (Wildman–Crippen MR) is 67.6 cm³/mol. The summed E-state index contributed by atoms with van der Waals surface area (Å²) in [4.78, 5) is 0. The van der Waals surface area contributed by atoms with E-state index in [9.17, 15) is 0 Å². The van der Waals surface area contributed by atoms with Crippen LogP contribution in [0.4, 0.5) is 0 Å². The van der Waals surface area contributed by atoms with E-state index < -0.39 is 0 Å². The Balaban J connectivity index is 1.52. The van der Waals surface area contributed by atoms with Gasteiger partial charge in [0, 0.05) is 6.54 Å². The summed E-state index contributed by atoms with van der Waals surface area (Å²) in [5, 5.41) is 3.55. The van der Waals surface area contributed by atoms with Gasteiger partial charge in [0.25, 0.3) is 0 Å². The second-order valence-electron chi connectivity index (χ2n) is 5.17. The van der Waals surface area contributed by atoms with Crippen LogP contribution < -0.4 is 5.32 Å². The lowest BCUT2D eigenvalue weighted by Gasteiger charge is -2.21. The lowest BCUT2D eigenvalue weighted by molar-refractivity contribution is 0.148. The molecule has 2 heteroatoms. The Bertz CT molecular complexity index is 219. The lowest BCUT2D eigenvalue weighted by atomic mass is 9.87. The molecule has 0 aromatic carbocycles. The highest BCUT2D eigenvalue weighted by atomic mass is 16.5. The van der Waals surface area contributed by atoms with Crippen molar-refractivity contribution in [1.29, 1.82) is 0 Å². The van der Waals surface area contributed by atoms with Gasteiger partial charge in [-0.1, -0.05) is 38.2 Å². The molecule has 0 saturated heterocycles. The van der Waals surface area contributed by atoms with Gasteiger partial charge in [0.05, 0.1) is 13.2 Å². The minimum atomic E-state index is 0.844. The molecule has 0 amide bonds. The molecule has 2 rings (SSSR count). The van der Waals surface area contributed by atoms with Gasteiger partial charge in [-0.25, -0.2) is 0 Å². The van der Waals surface area contributed by atoms with E-state index in [0.717, 1.165) is 32.1 Å². The van der Waals surface area contributed by atoms with Crippen LogP contribution in [0.1, 0.15) is 44.9 Å². The van der Waals surface area contributed by atoms with Crippen LogP contribution in [-0.2, 0) is 4.74 Å². The standard InChI is InChI=1S/C14H25NO/c1-2-5-13(6-3-1)8-9-15-11-14-7-4-10-16-12-14/h7,13,15H,1-6,8-12H2. The third-order valence-electron chi connectivity index (χ3n) is 3.79. The molecule has 16 heavy (non-hydrogen) atoms. The van der Waals surface area contributed by atoms with Gasteiger partial charge in [0.1, 0.15) is 0 Å². The molecular weight excluding hydrogens is 198 g/mol. The molecule has 0 spiro atoms. The van der Waals surface area contributed by atoms with Crippen LogP contribution in [0.3, 0.4) is 0 Å². The third kappa shape index (κ3) is 4.26. The van der Waals surface area contributed by atoms with Crippen LogP contribution >= 0.6 is 0 Å². The smallest absolute Gasteiger partial charge is 0.0689 e. The Hall–Kier alpha value is -0.340. The summed E-state index contributed by atoms with van der Waals surface area (Å²) in [6.07, 6.45) is 12.1. The average Bonchev–Trinajstić information content (AvgIpc) is 2.37. The van der Waals surface area contributed by atoms with Gasteiger partial charge < -0.3 is 10.1 Å². The minimum Gasteiger partial charge on any atom is -0.377 e. The van der Waals surface area contributed by atoms with E-state index in [1.807, 2.05) is 0 Å². The summed E-state index contributed by atoms with van der Waals surface area (Å²) in [5.41, 5.74) is 1.44. The van der Waals surface area contributed by atoms with E-state index in [1.165, 1.54) is 50.6 Å². The Kier molecular flexibility index (Phi) is 5.36. The van der Waals surface area contributed by atoms with Crippen LogP contribution in [0.25, 0.3) is 0 Å². The predicted octanol–water partition coefficient (Wildman–Crippen LogP) is 2.89. The normalized spacial score (nSPS) is 23.1. The summed E-state index contributed by atoms with van der Waals surface area (Å²) >= 11 is 0. The first-order chi connectivity index (χ1) is 7.95. The molecule has 1 aliphatic heterocycles. The highest BCUT2D eigenvalue weighted by molar-refractivity contribution is 5.06. The summed E-state index contributed by atoms with van der Waals surface area (Å²) in [5.74, 6) is 0.998. The van der Waals surface area contributed by atoms with Gasteiger partial charge in [-0.05, 0) is 30.9 Å².